The maximum absolute atomic E-state index is 12.9. The molecule has 0 bridgehead atoms. The van der Waals surface area contributed by atoms with Gasteiger partial charge in [0, 0.05) is 38.1 Å². The van der Waals surface area contributed by atoms with Gasteiger partial charge in [-0.05, 0) is 38.2 Å². The molecular weight excluding hydrogens is 407 g/mol. The Kier molecular flexibility index (Phi) is 6.39. The van der Waals surface area contributed by atoms with Gasteiger partial charge in [-0.3, -0.25) is 9.59 Å². The second-order valence-corrected chi connectivity index (χ2v) is 7.78. The number of carboxylic acids is 1. The number of aliphatic carboxylic acids is 1. The van der Waals surface area contributed by atoms with Gasteiger partial charge in [0.25, 0.3) is 5.91 Å². The molecular formula is C19H24F3N3O5. The third kappa shape index (κ3) is 4.61. The molecule has 1 saturated carbocycles. The van der Waals surface area contributed by atoms with Gasteiger partial charge in [0.05, 0.1) is 17.1 Å². The zero-order chi connectivity index (χ0) is 21.9. The predicted molar refractivity (Wildman–Crippen MR) is 97.6 cm³/mol. The molecule has 0 radical (unpaired) electrons. The van der Waals surface area contributed by atoms with E-state index < -0.39 is 17.6 Å². The molecule has 1 aliphatic carbocycles. The molecule has 3 heterocycles. The molecule has 2 saturated heterocycles. The normalized spacial score (nSPS) is 26.1. The molecule has 0 unspecified atom stereocenters. The Morgan fingerprint density at radius 1 is 1.27 bits per heavy atom. The molecule has 2 amide bonds. The van der Waals surface area contributed by atoms with Crippen LogP contribution in [0, 0.1) is 5.41 Å². The number of carbonyl (C=O) groups is 3. The van der Waals surface area contributed by atoms with Crippen LogP contribution in [0.5, 0.6) is 0 Å². The number of fused-ring (bicyclic) bond motifs is 1. The van der Waals surface area contributed by atoms with Gasteiger partial charge in [-0.15, -0.1) is 0 Å². The lowest BCUT2D eigenvalue weighted by molar-refractivity contribution is -0.192. The number of hydrogen-bond acceptors (Lipinski definition) is 4. The van der Waals surface area contributed by atoms with Gasteiger partial charge in [0.2, 0.25) is 5.91 Å². The second kappa shape index (κ2) is 8.66. The Bertz CT molecular complexity index is 779. The third-order valence-corrected chi connectivity index (χ3v) is 5.88. The van der Waals surface area contributed by atoms with Crippen molar-refractivity contribution in [2.75, 3.05) is 19.7 Å². The average molecular weight is 431 g/mol. The van der Waals surface area contributed by atoms with Crippen LogP contribution in [0.15, 0.2) is 18.5 Å². The van der Waals surface area contributed by atoms with Gasteiger partial charge in [-0.25, -0.2) is 4.79 Å². The van der Waals surface area contributed by atoms with Crippen molar-refractivity contribution in [1.29, 1.82) is 0 Å². The van der Waals surface area contributed by atoms with Crippen molar-refractivity contribution in [2.24, 2.45) is 5.41 Å². The van der Waals surface area contributed by atoms with E-state index in [1.165, 1.54) is 6.42 Å². The minimum Gasteiger partial charge on any atom is -0.475 e. The van der Waals surface area contributed by atoms with E-state index in [4.69, 9.17) is 14.6 Å². The molecule has 1 aromatic rings. The standard InChI is InChI=1S/C17H23N3O3.C2HF3O2/c21-15(12-4-7-18-10-12)20-8-5-14-17(11-20,6-9-23-14)16(22)19-13-2-1-3-13;3-2(4,5)1(6)7/h4,7,10,13-14,18H,1-3,5-6,8-9,11H2,(H,19,22);(H,6,7)/t14-,17-;/m1./s1. The number of aromatic amines is 1. The number of amides is 2. The highest BCUT2D eigenvalue weighted by atomic mass is 19.4. The summed E-state index contributed by atoms with van der Waals surface area (Å²) in [6.07, 6.45) is 3.08. The van der Waals surface area contributed by atoms with E-state index in [1.54, 1.807) is 18.5 Å². The van der Waals surface area contributed by atoms with Crippen molar-refractivity contribution >= 4 is 17.8 Å². The molecule has 1 aromatic heterocycles. The first-order chi connectivity index (χ1) is 14.1. The Hall–Kier alpha value is -2.56. The molecule has 11 heteroatoms. The van der Waals surface area contributed by atoms with Crippen LogP contribution in [0.4, 0.5) is 13.2 Å². The van der Waals surface area contributed by atoms with E-state index in [2.05, 4.69) is 10.3 Å². The summed E-state index contributed by atoms with van der Waals surface area (Å²) in [4.78, 5) is 39.2. The Balaban J connectivity index is 0.000000318. The summed E-state index contributed by atoms with van der Waals surface area (Å²) in [5.41, 5.74) is 0.0803. The fraction of sp³-hybridized carbons (Fsp3) is 0.632. The SMILES string of the molecule is O=C(O)C(F)(F)F.O=C(c1cc[nH]c1)N1CC[C@H]2OCC[C@@]2(C(=O)NC2CCC2)C1. The minimum absolute atomic E-state index is 0.00702. The average Bonchev–Trinajstić information content (AvgIpc) is 3.33. The quantitative estimate of drug-likeness (QED) is 0.677. The highest BCUT2D eigenvalue weighted by Gasteiger charge is 2.54. The van der Waals surface area contributed by atoms with Crippen molar-refractivity contribution < 1.29 is 37.4 Å². The maximum atomic E-state index is 12.9. The minimum atomic E-state index is -5.08. The maximum Gasteiger partial charge on any atom is 0.490 e. The number of hydrogen-bond donors (Lipinski definition) is 3. The van der Waals surface area contributed by atoms with Crippen molar-refractivity contribution in [3.63, 3.8) is 0 Å². The van der Waals surface area contributed by atoms with Gasteiger partial charge >= 0.3 is 12.1 Å². The first kappa shape index (κ1) is 22.1. The molecule has 0 spiro atoms. The van der Waals surface area contributed by atoms with Crippen molar-refractivity contribution in [2.45, 2.75) is 50.4 Å². The van der Waals surface area contributed by atoms with Crippen LogP contribution >= 0.6 is 0 Å². The summed E-state index contributed by atoms with van der Waals surface area (Å²) in [7, 11) is 0. The number of ether oxygens (including phenoxy) is 1. The van der Waals surface area contributed by atoms with Crippen LogP contribution in [-0.4, -0.2) is 70.8 Å². The smallest absolute Gasteiger partial charge is 0.475 e. The molecule has 3 N–H and O–H groups in total. The number of H-pyrrole nitrogens is 1. The van der Waals surface area contributed by atoms with Crippen LogP contribution in [0.1, 0.15) is 42.5 Å². The summed E-state index contributed by atoms with van der Waals surface area (Å²) in [6, 6.07) is 2.09. The Morgan fingerprint density at radius 2 is 1.97 bits per heavy atom. The first-order valence-electron chi connectivity index (χ1n) is 9.78. The van der Waals surface area contributed by atoms with E-state index in [9.17, 15) is 22.8 Å². The van der Waals surface area contributed by atoms with Crippen LogP contribution in [0.2, 0.25) is 0 Å². The number of halogens is 3. The highest BCUT2D eigenvalue weighted by molar-refractivity contribution is 5.95. The number of alkyl halides is 3. The molecule has 2 atom stereocenters. The lowest BCUT2D eigenvalue weighted by Gasteiger charge is -2.43. The second-order valence-electron chi connectivity index (χ2n) is 7.78. The fourth-order valence-electron chi connectivity index (χ4n) is 3.96. The zero-order valence-corrected chi connectivity index (χ0v) is 16.2. The van der Waals surface area contributed by atoms with Gasteiger partial charge in [-0.1, -0.05) is 0 Å². The fourth-order valence-corrected chi connectivity index (χ4v) is 3.96. The number of carbonyl (C=O) groups excluding carboxylic acids is 2. The number of nitrogens with zero attached hydrogens (tertiary/aromatic N) is 1. The van der Waals surface area contributed by atoms with E-state index in [0.717, 1.165) is 19.3 Å². The molecule has 2 aliphatic heterocycles. The number of likely N-dealkylation sites (tertiary alicyclic amines) is 1. The number of rotatable bonds is 3. The van der Waals surface area contributed by atoms with E-state index in [1.807, 2.05) is 4.90 Å². The predicted octanol–water partition coefficient (Wildman–Crippen LogP) is 1.94. The zero-order valence-electron chi connectivity index (χ0n) is 16.2. The summed E-state index contributed by atoms with van der Waals surface area (Å²) in [6.45, 7) is 1.71. The molecule has 30 heavy (non-hydrogen) atoms. The third-order valence-electron chi connectivity index (χ3n) is 5.88. The van der Waals surface area contributed by atoms with Crippen LogP contribution in [0.3, 0.4) is 0 Å². The number of aromatic nitrogens is 1. The number of piperidine rings is 1. The largest absolute Gasteiger partial charge is 0.490 e. The Labute approximate surface area is 170 Å². The van der Waals surface area contributed by atoms with E-state index in [0.29, 0.717) is 37.7 Å². The topological polar surface area (TPSA) is 112 Å². The number of nitrogens with one attached hydrogen (secondary N) is 2. The van der Waals surface area contributed by atoms with E-state index in [-0.39, 0.29) is 17.9 Å². The van der Waals surface area contributed by atoms with Gasteiger partial charge in [0.15, 0.2) is 0 Å². The summed E-state index contributed by atoms with van der Waals surface area (Å²) >= 11 is 0. The molecule has 0 aromatic carbocycles. The van der Waals surface area contributed by atoms with Gasteiger partial charge < -0.3 is 25.0 Å². The van der Waals surface area contributed by atoms with Crippen molar-refractivity contribution in [3.8, 4) is 0 Å². The van der Waals surface area contributed by atoms with Gasteiger partial charge in [-0.2, -0.15) is 13.2 Å². The lowest BCUT2D eigenvalue weighted by atomic mass is 9.75. The van der Waals surface area contributed by atoms with E-state index >= 15 is 0 Å². The summed E-state index contributed by atoms with van der Waals surface area (Å²) < 4.78 is 37.6. The number of carboxylic acid groups (broad SMARTS) is 1. The van der Waals surface area contributed by atoms with Crippen LogP contribution in [0.25, 0.3) is 0 Å². The lowest BCUT2D eigenvalue weighted by Crippen LogP contribution is -2.60. The molecule has 3 fully saturated rings. The monoisotopic (exact) mass is 431 g/mol. The molecule has 166 valence electrons. The van der Waals surface area contributed by atoms with Crippen molar-refractivity contribution in [1.82, 2.24) is 15.2 Å². The highest BCUT2D eigenvalue weighted by Crippen LogP contribution is 2.42. The summed E-state index contributed by atoms with van der Waals surface area (Å²) in [5, 5.41) is 10.3. The molecule has 8 nitrogen and oxygen atoms in total. The summed E-state index contributed by atoms with van der Waals surface area (Å²) in [5.74, 6) is -2.68. The molecule has 4 rings (SSSR count). The van der Waals surface area contributed by atoms with Crippen molar-refractivity contribution in [3.05, 3.63) is 24.0 Å². The van der Waals surface area contributed by atoms with Crippen LogP contribution in [-0.2, 0) is 14.3 Å². The Morgan fingerprint density at radius 3 is 2.50 bits per heavy atom. The van der Waals surface area contributed by atoms with Gasteiger partial charge in [0.1, 0.15) is 0 Å². The van der Waals surface area contributed by atoms with Crippen LogP contribution < -0.4 is 5.32 Å². The molecule has 3 aliphatic rings. The first-order valence-corrected chi connectivity index (χ1v) is 9.78.